The van der Waals surface area contributed by atoms with Crippen molar-refractivity contribution in [1.29, 1.82) is 0 Å². The Bertz CT molecular complexity index is 366. The lowest BCUT2D eigenvalue weighted by molar-refractivity contribution is 0.0217. The zero-order valence-corrected chi connectivity index (χ0v) is 12.1. The highest BCUT2D eigenvalue weighted by atomic mass is 16.7. The Balaban J connectivity index is 2.77. The van der Waals surface area contributed by atoms with Crippen molar-refractivity contribution in [2.24, 2.45) is 5.73 Å². The van der Waals surface area contributed by atoms with Crippen molar-refractivity contribution in [3.05, 3.63) is 23.8 Å². The maximum atomic E-state index is 5.85. The van der Waals surface area contributed by atoms with Gasteiger partial charge in [-0.05, 0) is 38.3 Å². The first-order valence-corrected chi connectivity index (χ1v) is 6.89. The molecule has 1 aromatic carbocycles. The van der Waals surface area contributed by atoms with E-state index >= 15 is 0 Å². The molecule has 0 aliphatic rings. The van der Waals surface area contributed by atoms with Gasteiger partial charge in [0.25, 0.3) is 0 Å². The van der Waals surface area contributed by atoms with Crippen molar-refractivity contribution >= 4 is 0 Å². The summed E-state index contributed by atoms with van der Waals surface area (Å²) >= 11 is 0. The lowest BCUT2D eigenvalue weighted by Crippen LogP contribution is -2.18. The Morgan fingerprint density at radius 3 is 2.63 bits per heavy atom. The van der Waals surface area contributed by atoms with Crippen molar-refractivity contribution in [2.75, 3.05) is 20.0 Å². The molecule has 4 heteroatoms. The van der Waals surface area contributed by atoms with E-state index in [4.69, 9.17) is 19.9 Å². The van der Waals surface area contributed by atoms with Gasteiger partial charge in [0.1, 0.15) is 11.5 Å². The van der Waals surface area contributed by atoms with Gasteiger partial charge in [0.15, 0.2) is 6.79 Å². The van der Waals surface area contributed by atoms with Gasteiger partial charge in [-0.15, -0.1) is 0 Å². The third-order valence-corrected chi connectivity index (χ3v) is 2.56. The van der Waals surface area contributed by atoms with E-state index in [1.807, 2.05) is 32.0 Å². The Labute approximate surface area is 115 Å². The summed E-state index contributed by atoms with van der Waals surface area (Å²) in [5, 5.41) is 0. The Kier molecular flexibility index (Phi) is 7.30. The number of benzene rings is 1. The molecule has 1 atom stereocenters. The van der Waals surface area contributed by atoms with Crippen LogP contribution < -0.4 is 15.2 Å². The summed E-state index contributed by atoms with van der Waals surface area (Å²) in [4.78, 5) is 0. The maximum absolute atomic E-state index is 5.85. The van der Waals surface area contributed by atoms with Crippen LogP contribution in [0.15, 0.2) is 18.2 Å². The molecule has 0 radical (unpaired) electrons. The predicted molar refractivity (Wildman–Crippen MR) is 76.7 cm³/mol. The first kappa shape index (κ1) is 15.8. The first-order chi connectivity index (χ1) is 9.17. The van der Waals surface area contributed by atoms with E-state index in [0.717, 1.165) is 29.9 Å². The van der Waals surface area contributed by atoms with Crippen molar-refractivity contribution in [3.63, 3.8) is 0 Å². The predicted octanol–water partition coefficient (Wildman–Crippen LogP) is 2.74. The highest BCUT2D eigenvalue weighted by Crippen LogP contribution is 2.26. The van der Waals surface area contributed by atoms with E-state index in [1.165, 1.54) is 0 Å². The molecule has 19 heavy (non-hydrogen) atoms. The fourth-order valence-electron chi connectivity index (χ4n) is 1.68. The van der Waals surface area contributed by atoms with Gasteiger partial charge < -0.3 is 19.9 Å². The van der Waals surface area contributed by atoms with Gasteiger partial charge in [0.05, 0.1) is 6.61 Å². The molecule has 0 saturated carbocycles. The van der Waals surface area contributed by atoms with E-state index in [-0.39, 0.29) is 12.8 Å². The minimum atomic E-state index is 0.0943. The second kappa shape index (κ2) is 8.77. The van der Waals surface area contributed by atoms with Crippen LogP contribution in [0.5, 0.6) is 11.5 Å². The second-order valence-corrected chi connectivity index (χ2v) is 4.55. The molecule has 1 rings (SSSR count). The smallest absolute Gasteiger partial charge is 0.189 e. The normalized spacial score (nSPS) is 12.2. The Morgan fingerprint density at radius 2 is 2.00 bits per heavy atom. The Hall–Kier alpha value is -1.26. The Morgan fingerprint density at radius 1 is 1.21 bits per heavy atom. The SMILES string of the molecule is CCCOc1ccc(CC(C)N)c(OCOCC)c1. The average Bonchev–Trinajstić information content (AvgIpc) is 2.38. The molecule has 1 unspecified atom stereocenters. The van der Waals surface area contributed by atoms with E-state index in [1.54, 1.807) is 0 Å². The molecule has 0 aliphatic heterocycles. The molecule has 4 nitrogen and oxygen atoms in total. The third-order valence-electron chi connectivity index (χ3n) is 2.56. The lowest BCUT2D eigenvalue weighted by Gasteiger charge is -2.15. The molecule has 0 heterocycles. The minimum absolute atomic E-state index is 0.0943. The molecule has 2 N–H and O–H groups in total. The van der Waals surface area contributed by atoms with Crippen molar-refractivity contribution in [1.82, 2.24) is 0 Å². The molecule has 0 amide bonds. The molecule has 0 spiro atoms. The van der Waals surface area contributed by atoms with Crippen LogP contribution in [0.2, 0.25) is 0 Å². The fourth-order valence-corrected chi connectivity index (χ4v) is 1.68. The summed E-state index contributed by atoms with van der Waals surface area (Å²) in [7, 11) is 0. The maximum Gasteiger partial charge on any atom is 0.189 e. The van der Waals surface area contributed by atoms with Gasteiger partial charge in [-0.2, -0.15) is 0 Å². The molecule has 108 valence electrons. The molecular formula is C15H25NO3. The molecule has 0 fully saturated rings. The topological polar surface area (TPSA) is 53.7 Å². The van der Waals surface area contributed by atoms with Crippen LogP contribution in [0, 0.1) is 0 Å². The number of nitrogens with two attached hydrogens (primary N) is 1. The van der Waals surface area contributed by atoms with Crippen molar-refractivity contribution < 1.29 is 14.2 Å². The van der Waals surface area contributed by atoms with Crippen LogP contribution in [0.3, 0.4) is 0 Å². The van der Waals surface area contributed by atoms with Crippen LogP contribution in [0.1, 0.15) is 32.8 Å². The lowest BCUT2D eigenvalue weighted by atomic mass is 10.1. The largest absolute Gasteiger partial charge is 0.493 e. The zero-order chi connectivity index (χ0) is 14.1. The van der Waals surface area contributed by atoms with E-state index < -0.39 is 0 Å². The standard InChI is InChI=1S/C15H25NO3/c1-4-8-18-14-7-6-13(9-12(3)16)15(10-14)19-11-17-5-2/h6-7,10,12H,4-5,8-9,11,16H2,1-3H3. The molecule has 1 aromatic rings. The quantitative estimate of drug-likeness (QED) is 0.552. The van der Waals surface area contributed by atoms with Crippen LogP contribution in [-0.4, -0.2) is 26.0 Å². The van der Waals surface area contributed by atoms with Gasteiger partial charge in [-0.25, -0.2) is 0 Å². The first-order valence-electron chi connectivity index (χ1n) is 6.89. The summed E-state index contributed by atoms with van der Waals surface area (Å²) in [6, 6.07) is 5.97. The minimum Gasteiger partial charge on any atom is -0.493 e. The summed E-state index contributed by atoms with van der Waals surface area (Å²) in [6.07, 6.45) is 1.76. The zero-order valence-electron chi connectivity index (χ0n) is 12.1. The van der Waals surface area contributed by atoms with Crippen molar-refractivity contribution in [3.8, 4) is 11.5 Å². The molecule has 0 bridgehead atoms. The summed E-state index contributed by atoms with van der Waals surface area (Å²) in [5.41, 5.74) is 6.93. The summed E-state index contributed by atoms with van der Waals surface area (Å²) in [6.45, 7) is 7.59. The number of hydrogen-bond acceptors (Lipinski definition) is 4. The van der Waals surface area contributed by atoms with Crippen LogP contribution in [0.4, 0.5) is 0 Å². The van der Waals surface area contributed by atoms with Gasteiger partial charge in [-0.3, -0.25) is 0 Å². The highest BCUT2D eigenvalue weighted by molar-refractivity contribution is 5.41. The molecule has 0 aromatic heterocycles. The second-order valence-electron chi connectivity index (χ2n) is 4.55. The summed E-state index contributed by atoms with van der Waals surface area (Å²) < 4.78 is 16.5. The van der Waals surface area contributed by atoms with Gasteiger partial charge in [-0.1, -0.05) is 13.0 Å². The van der Waals surface area contributed by atoms with Crippen molar-refractivity contribution in [2.45, 2.75) is 39.7 Å². The average molecular weight is 267 g/mol. The third kappa shape index (κ3) is 5.94. The number of ether oxygens (including phenoxy) is 3. The highest BCUT2D eigenvalue weighted by Gasteiger charge is 2.08. The van der Waals surface area contributed by atoms with Gasteiger partial charge in [0.2, 0.25) is 0 Å². The van der Waals surface area contributed by atoms with E-state index in [9.17, 15) is 0 Å². The van der Waals surface area contributed by atoms with E-state index in [2.05, 4.69) is 6.92 Å². The van der Waals surface area contributed by atoms with Crippen LogP contribution >= 0.6 is 0 Å². The monoisotopic (exact) mass is 267 g/mol. The molecule has 0 aliphatic carbocycles. The van der Waals surface area contributed by atoms with Crippen LogP contribution in [-0.2, 0) is 11.2 Å². The summed E-state index contributed by atoms with van der Waals surface area (Å²) in [5.74, 6) is 1.61. The van der Waals surface area contributed by atoms with Gasteiger partial charge in [0, 0.05) is 18.7 Å². The molecular weight excluding hydrogens is 242 g/mol. The fraction of sp³-hybridized carbons (Fsp3) is 0.600. The number of hydrogen-bond donors (Lipinski definition) is 1. The van der Waals surface area contributed by atoms with E-state index in [0.29, 0.717) is 13.2 Å². The molecule has 0 saturated heterocycles. The van der Waals surface area contributed by atoms with Crippen LogP contribution in [0.25, 0.3) is 0 Å². The number of rotatable bonds is 9. The van der Waals surface area contributed by atoms with Gasteiger partial charge >= 0.3 is 0 Å².